The molecule has 0 atom stereocenters. The molecule has 2 N–H and O–H groups in total. The first kappa shape index (κ1) is 8.25. The number of hydrogen-bond acceptors (Lipinski definition) is 2. The highest BCUT2D eigenvalue weighted by atomic mass is 32.1. The molecular weight excluding hydrogens is 191 g/mol. The van der Waals surface area contributed by atoms with Crippen LogP contribution in [0.5, 0.6) is 5.75 Å². The molecule has 68 valence electrons. The first-order valence-electron chi connectivity index (χ1n) is 3.66. The van der Waals surface area contributed by atoms with Crippen LogP contribution in [0.1, 0.15) is 0 Å². The Hall–Kier alpha value is -1.36. The lowest BCUT2D eigenvalue weighted by molar-refractivity contribution is 0.415. The Morgan fingerprint density at radius 1 is 1.38 bits per heavy atom. The summed E-state index contributed by atoms with van der Waals surface area (Å²) in [6, 6.07) is 2.67. The molecule has 2 rings (SSSR count). The van der Waals surface area contributed by atoms with E-state index in [9.17, 15) is 4.39 Å². The van der Waals surface area contributed by atoms with Gasteiger partial charge in [-0.1, -0.05) is 0 Å². The van der Waals surface area contributed by atoms with E-state index in [0.29, 0.717) is 21.6 Å². The Morgan fingerprint density at radius 3 is 2.85 bits per heavy atom. The maximum atomic E-state index is 12.9. The summed E-state index contributed by atoms with van der Waals surface area (Å²) in [5.41, 5.74) is 1.30. The fourth-order valence-electron chi connectivity index (χ4n) is 1.24. The highest BCUT2D eigenvalue weighted by Gasteiger charge is 2.05. The third-order valence-corrected chi connectivity index (χ3v) is 1.98. The summed E-state index contributed by atoms with van der Waals surface area (Å²) in [4.78, 5) is 5.69. The van der Waals surface area contributed by atoms with Gasteiger partial charge in [0, 0.05) is 6.07 Å². The summed E-state index contributed by atoms with van der Waals surface area (Å²) in [5, 5.41) is 0. The quantitative estimate of drug-likeness (QED) is 0.691. The van der Waals surface area contributed by atoms with Crippen molar-refractivity contribution in [1.82, 2.24) is 9.97 Å². The molecule has 0 spiro atoms. The van der Waals surface area contributed by atoms with Gasteiger partial charge in [0.1, 0.15) is 17.1 Å². The van der Waals surface area contributed by atoms with Gasteiger partial charge in [-0.25, -0.2) is 4.39 Å². The van der Waals surface area contributed by atoms with Gasteiger partial charge in [0.15, 0.2) is 4.77 Å². The highest BCUT2D eigenvalue weighted by molar-refractivity contribution is 7.71. The number of imidazole rings is 1. The molecule has 13 heavy (non-hydrogen) atoms. The maximum absolute atomic E-state index is 12.9. The molecule has 0 amide bonds. The second kappa shape index (κ2) is 2.85. The number of H-pyrrole nitrogens is 2. The molecule has 0 aliphatic rings. The number of ether oxygens (including phenoxy) is 1. The van der Waals surface area contributed by atoms with E-state index in [-0.39, 0.29) is 5.82 Å². The van der Waals surface area contributed by atoms with Crippen molar-refractivity contribution in [2.75, 3.05) is 7.11 Å². The molecule has 3 nitrogen and oxygen atoms in total. The third-order valence-electron chi connectivity index (χ3n) is 1.77. The van der Waals surface area contributed by atoms with Crippen LogP contribution < -0.4 is 4.74 Å². The predicted octanol–water partition coefficient (Wildman–Crippen LogP) is 2.37. The van der Waals surface area contributed by atoms with Crippen LogP contribution in [0.2, 0.25) is 0 Å². The van der Waals surface area contributed by atoms with Crippen LogP contribution in [0, 0.1) is 10.6 Å². The summed E-state index contributed by atoms with van der Waals surface area (Å²) in [7, 11) is 1.48. The van der Waals surface area contributed by atoms with E-state index in [1.54, 1.807) is 0 Å². The van der Waals surface area contributed by atoms with Crippen LogP contribution in [-0.2, 0) is 0 Å². The van der Waals surface area contributed by atoms with Crippen molar-refractivity contribution in [3.8, 4) is 5.75 Å². The standard InChI is InChI=1S/C8H7FN2OS/c1-12-6-3-4(9)2-5-7(6)11-8(13)10-5/h2-3H,1H3,(H2,10,11,13). The summed E-state index contributed by atoms with van der Waals surface area (Å²) >= 11 is 4.87. The summed E-state index contributed by atoms with van der Waals surface area (Å²) < 4.78 is 18.4. The van der Waals surface area contributed by atoms with Crippen LogP contribution in [0.3, 0.4) is 0 Å². The minimum Gasteiger partial charge on any atom is -0.494 e. The number of aromatic nitrogens is 2. The van der Waals surface area contributed by atoms with Crippen LogP contribution in [0.25, 0.3) is 11.0 Å². The van der Waals surface area contributed by atoms with Crippen LogP contribution >= 0.6 is 12.2 Å². The fraction of sp³-hybridized carbons (Fsp3) is 0.125. The molecule has 0 radical (unpaired) electrons. The van der Waals surface area contributed by atoms with Crippen molar-refractivity contribution in [2.45, 2.75) is 0 Å². The zero-order valence-electron chi connectivity index (χ0n) is 6.85. The summed E-state index contributed by atoms with van der Waals surface area (Å²) in [6.45, 7) is 0. The number of nitrogens with one attached hydrogen (secondary N) is 2. The van der Waals surface area contributed by atoms with Gasteiger partial charge in [0.25, 0.3) is 0 Å². The molecule has 1 aromatic heterocycles. The minimum absolute atomic E-state index is 0.352. The van der Waals surface area contributed by atoms with Gasteiger partial charge in [-0.05, 0) is 18.3 Å². The van der Waals surface area contributed by atoms with Gasteiger partial charge in [-0.2, -0.15) is 0 Å². The van der Waals surface area contributed by atoms with Crippen molar-refractivity contribution in [3.05, 3.63) is 22.7 Å². The minimum atomic E-state index is -0.352. The van der Waals surface area contributed by atoms with Crippen molar-refractivity contribution in [1.29, 1.82) is 0 Å². The molecule has 0 saturated heterocycles. The SMILES string of the molecule is COc1cc(F)cc2[nH]c(=S)[nH]c12. The van der Waals surface area contributed by atoms with Crippen molar-refractivity contribution >= 4 is 23.3 Å². The fourth-order valence-corrected chi connectivity index (χ4v) is 1.45. The molecule has 5 heteroatoms. The summed E-state index contributed by atoms with van der Waals surface area (Å²) in [5.74, 6) is 0.0944. The number of rotatable bonds is 1. The first-order chi connectivity index (χ1) is 6.20. The van der Waals surface area contributed by atoms with Crippen LogP contribution in [0.15, 0.2) is 12.1 Å². The molecule has 0 bridgehead atoms. The van der Waals surface area contributed by atoms with Gasteiger partial charge in [-0.3, -0.25) is 0 Å². The number of fused-ring (bicyclic) bond motifs is 1. The van der Waals surface area contributed by atoms with Crippen molar-refractivity contribution in [3.63, 3.8) is 0 Å². The zero-order valence-corrected chi connectivity index (χ0v) is 7.67. The molecule has 0 unspecified atom stereocenters. The molecule has 0 aliphatic heterocycles. The van der Waals surface area contributed by atoms with Crippen LogP contribution in [0.4, 0.5) is 4.39 Å². The molecule has 0 aliphatic carbocycles. The van der Waals surface area contributed by atoms with E-state index in [4.69, 9.17) is 17.0 Å². The molecular formula is C8H7FN2OS. The van der Waals surface area contributed by atoms with Crippen molar-refractivity contribution < 1.29 is 9.13 Å². The number of aromatic amines is 2. The molecule has 2 aromatic rings. The lowest BCUT2D eigenvalue weighted by Gasteiger charge is -2.00. The largest absolute Gasteiger partial charge is 0.494 e. The molecule has 0 saturated carbocycles. The first-order valence-corrected chi connectivity index (χ1v) is 4.07. The van der Waals surface area contributed by atoms with E-state index in [2.05, 4.69) is 9.97 Å². The van der Waals surface area contributed by atoms with E-state index in [0.717, 1.165) is 0 Å². The van der Waals surface area contributed by atoms with Gasteiger partial charge in [-0.15, -0.1) is 0 Å². The normalized spacial score (nSPS) is 10.6. The zero-order chi connectivity index (χ0) is 9.42. The van der Waals surface area contributed by atoms with E-state index in [1.165, 1.54) is 19.2 Å². The smallest absolute Gasteiger partial charge is 0.175 e. The second-order valence-electron chi connectivity index (χ2n) is 2.61. The van der Waals surface area contributed by atoms with Gasteiger partial charge in [0.05, 0.1) is 12.6 Å². The predicted molar refractivity (Wildman–Crippen MR) is 50.0 cm³/mol. The molecule has 1 heterocycles. The number of benzene rings is 1. The second-order valence-corrected chi connectivity index (χ2v) is 3.02. The number of hydrogen-bond donors (Lipinski definition) is 2. The highest BCUT2D eigenvalue weighted by Crippen LogP contribution is 2.23. The van der Waals surface area contributed by atoms with E-state index < -0.39 is 0 Å². The Balaban J connectivity index is 2.88. The molecule has 1 aromatic carbocycles. The van der Waals surface area contributed by atoms with Crippen molar-refractivity contribution in [2.24, 2.45) is 0 Å². The lowest BCUT2D eigenvalue weighted by Crippen LogP contribution is -1.86. The topological polar surface area (TPSA) is 40.8 Å². The Kier molecular flexibility index (Phi) is 1.81. The Bertz CT molecular complexity index is 502. The summed E-state index contributed by atoms with van der Waals surface area (Å²) in [6.07, 6.45) is 0. The number of halogens is 1. The van der Waals surface area contributed by atoms with Gasteiger partial charge in [0.2, 0.25) is 0 Å². The van der Waals surface area contributed by atoms with E-state index >= 15 is 0 Å². The van der Waals surface area contributed by atoms with Gasteiger partial charge >= 0.3 is 0 Å². The Labute approximate surface area is 78.5 Å². The third kappa shape index (κ3) is 1.31. The van der Waals surface area contributed by atoms with Gasteiger partial charge < -0.3 is 14.7 Å². The average molecular weight is 198 g/mol. The Morgan fingerprint density at radius 2 is 2.15 bits per heavy atom. The monoisotopic (exact) mass is 198 g/mol. The molecule has 0 fully saturated rings. The average Bonchev–Trinajstić information content (AvgIpc) is 2.43. The van der Waals surface area contributed by atoms with E-state index in [1.807, 2.05) is 0 Å². The number of methoxy groups -OCH3 is 1. The lowest BCUT2D eigenvalue weighted by atomic mass is 10.3. The van der Waals surface area contributed by atoms with Crippen LogP contribution in [-0.4, -0.2) is 17.1 Å². The maximum Gasteiger partial charge on any atom is 0.175 e.